The van der Waals surface area contributed by atoms with E-state index in [4.69, 9.17) is 5.73 Å². The lowest BCUT2D eigenvalue weighted by atomic mass is 9.89. The Labute approximate surface area is 99.3 Å². The van der Waals surface area contributed by atoms with Crippen LogP contribution >= 0.6 is 11.8 Å². The van der Waals surface area contributed by atoms with Crippen LogP contribution in [0.5, 0.6) is 0 Å². The molecule has 0 aliphatic rings. The van der Waals surface area contributed by atoms with Gasteiger partial charge in [-0.3, -0.25) is 4.98 Å². The van der Waals surface area contributed by atoms with Crippen LogP contribution in [0.4, 0.5) is 0 Å². The van der Waals surface area contributed by atoms with Gasteiger partial charge >= 0.3 is 5.97 Å². The first-order chi connectivity index (χ1) is 7.50. The molecule has 4 nitrogen and oxygen atoms in total. The number of pyridine rings is 1. The summed E-state index contributed by atoms with van der Waals surface area (Å²) in [5.74, 6) is -0.302. The first-order valence-electron chi connectivity index (χ1n) is 4.95. The van der Waals surface area contributed by atoms with Crippen LogP contribution in [0.3, 0.4) is 0 Å². The lowest BCUT2D eigenvalue weighted by Gasteiger charge is -2.24. The van der Waals surface area contributed by atoms with E-state index >= 15 is 0 Å². The number of aliphatic carboxylic acids is 1. The molecule has 0 saturated heterocycles. The van der Waals surface area contributed by atoms with Crippen LogP contribution in [-0.4, -0.2) is 28.1 Å². The fourth-order valence-corrected chi connectivity index (χ4v) is 1.90. The number of carboxylic acid groups (broad SMARTS) is 1. The van der Waals surface area contributed by atoms with Gasteiger partial charge in [-0.05, 0) is 31.4 Å². The highest BCUT2D eigenvalue weighted by Gasteiger charge is 2.35. The Morgan fingerprint density at radius 3 is 2.75 bits per heavy atom. The second-order valence-electron chi connectivity index (χ2n) is 3.71. The molecular formula is C11H16N2O2S. The van der Waals surface area contributed by atoms with Gasteiger partial charge in [-0.25, -0.2) is 4.79 Å². The summed E-state index contributed by atoms with van der Waals surface area (Å²) in [5.41, 5.74) is 6.02. The summed E-state index contributed by atoms with van der Waals surface area (Å²) in [6.07, 6.45) is 3.87. The van der Waals surface area contributed by atoms with Crippen LogP contribution < -0.4 is 5.73 Å². The van der Waals surface area contributed by atoms with Crippen LogP contribution in [0.25, 0.3) is 0 Å². The van der Waals surface area contributed by atoms with Gasteiger partial charge in [0, 0.05) is 17.5 Å². The minimum Gasteiger partial charge on any atom is -0.480 e. The summed E-state index contributed by atoms with van der Waals surface area (Å²) in [4.78, 5) is 15.3. The topological polar surface area (TPSA) is 76.2 Å². The van der Waals surface area contributed by atoms with Crippen molar-refractivity contribution in [3.8, 4) is 0 Å². The van der Waals surface area contributed by atoms with Gasteiger partial charge in [-0.15, -0.1) is 0 Å². The second kappa shape index (κ2) is 5.32. The van der Waals surface area contributed by atoms with E-state index in [1.54, 1.807) is 30.1 Å². The Bertz CT molecular complexity index is 367. The van der Waals surface area contributed by atoms with Crippen LogP contribution in [0.15, 0.2) is 18.3 Å². The average molecular weight is 240 g/mol. The molecule has 1 unspecified atom stereocenters. The van der Waals surface area contributed by atoms with Crippen LogP contribution in [0, 0.1) is 6.92 Å². The van der Waals surface area contributed by atoms with Crippen molar-refractivity contribution < 1.29 is 9.90 Å². The van der Waals surface area contributed by atoms with Gasteiger partial charge in [0.25, 0.3) is 0 Å². The van der Waals surface area contributed by atoms with Crippen molar-refractivity contribution in [2.75, 3.05) is 12.0 Å². The maximum Gasteiger partial charge on any atom is 0.328 e. The number of hydrogen-bond acceptors (Lipinski definition) is 4. The SMILES string of the molecule is CSCCC(N)(C(=O)O)c1ccc(C)nc1. The number of aryl methyl sites for hydroxylation is 1. The number of nitrogens with two attached hydrogens (primary N) is 1. The van der Waals surface area contributed by atoms with Gasteiger partial charge in [0.1, 0.15) is 5.54 Å². The van der Waals surface area contributed by atoms with Crippen molar-refractivity contribution in [2.45, 2.75) is 18.9 Å². The van der Waals surface area contributed by atoms with Gasteiger partial charge < -0.3 is 10.8 Å². The number of rotatable bonds is 5. The van der Waals surface area contributed by atoms with Gasteiger partial charge in [0.05, 0.1) is 0 Å². The number of aromatic nitrogens is 1. The molecule has 0 radical (unpaired) electrons. The summed E-state index contributed by atoms with van der Waals surface area (Å²) in [6.45, 7) is 1.85. The quantitative estimate of drug-likeness (QED) is 0.813. The maximum atomic E-state index is 11.3. The molecular weight excluding hydrogens is 224 g/mol. The molecule has 5 heteroatoms. The Kier molecular flexibility index (Phi) is 4.32. The molecule has 0 fully saturated rings. The van der Waals surface area contributed by atoms with Crippen molar-refractivity contribution >= 4 is 17.7 Å². The molecule has 1 atom stereocenters. The van der Waals surface area contributed by atoms with E-state index in [1.165, 1.54) is 0 Å². The van der Waals surface area contributed by atoms with Crippen LogP contribution in [-0.2, 0) is 10.3 Å². The normalized spacial score (nSPS) is 14.4. The fraction of sp³-hybridized carbons (Fsp3) is 0.455. The Balaban J connectivity index is 3.01. The number of thioether (sulfide) groups is 1. The molecule has 3 N–H and O–H groups in total. The zero-order chi connectivity index (χ0) is 12.2. The Morgan fingerprint density at radius 1 is 1.62 bits per heavy atom. The second-order valence-corrected chi connectivity index (χ2v) is 4.69. The Morgan fingerprint density at radius 2 is 2.31 bits per heavy atom. The van der Waals surface area contributed by atoms with Gasteiger partial charge in [-0.1, -0.05) is 6.07 Å². The first-order valence-corrected chi connectivity index (χ1v) is 6.34. The summed E-state index contributed by atoms with van der Waals surface area (Å²) in [5, 5.41) is 9.22. The molecule has 16 heavy (non-hydrogen) atoms. The van der Waals surface area contributed by atoms with Gasteiger partial charge in [-0.2, -0.15) is 11.8 Å². The van der Waals surface area contributed by atoms with E-state index in [0.717, 1.165) is 5.69 Å². The maximum absolute atomic E-state index is 11.3. The molecule has 1 aromatic heterocycles. The van der Waals surface area contributed by atoms with Gasteiger partial charge in [0.2, 0.25) is 0 Å². The minimum atomic E-state index is -1.33. The summed E-state index contributed by atoms with van der Waals surface area (Å²) >= 11 is 1.58. The van der Waals surface area contributed by atoms with E-state index in [9.17, 15) is 9.90 Å². The number of carbonyl (C=O) groups is 1. The average Bonchev–Trinajstić information content (AvgIpc) is 2.26. The largest absolute Gasteiger partial charge is 0.480 e. The van der Waals surface area contributed by atoms with E-state index in [2.05, 4.69) is 4.98 Å². The fourth-order valence-electron chi connectivity index (χ4n) is 1.37. The third-order valence-electron chi connectivity index (χ3n) is 2.51. The van der Waals surface area contributed by atoms with Crippen molar-refractivity contribution in [2.24, 2.45) is 5.73 Å². The first kappa shape index (κ1) is 13.0. The minimum absolute atomic E-state index is 0.397. The van der Waals surface area contributed by atoms with Crippen molar-refractivity contribution in [3.05, 3.63) is 29.6 Å². The predicted molar refractivity (Wildman–Crippen MR) is 65.5 cm³/mol. The lowest BCUT2D eigenvalue weighted by molar-refractivity contribution is -0.143. The van der Waals surface area contributed by atoms with E-state index in [0.29, 0.717) is 17.7 Å². The van der Waals surface area contributed by atoms with Crippen LogP contribution in [0.2, 0.25) is 0 Å². The zero-order valence-corrected chi connectivity index (χ0v) is 10.3. The van der Waals surface area contributed by atoms with E-state index in [-0.39, 0.29) is 0 Å². The number of carboxylic acids is 1. The van der Waals surface area contributed by atoms with Crippen molar-refractivity contribution in [1.82, 2.24) is 4.98 Å². The molecule has 88 valence electrons. The van der Waals surface area contributed by atoms with E-state index < -0.39 is 11.5 Å². The monoisotopic (exact) mass is 240 g/mol. The summed E-state index contributed by atoms with van der Waals surface area (Å²) < 4.78 is 0. The summed E-state index contributed by atoms with van der Waals surface area (Å²) in [6, 6.07) is 3.51. The summed E-state index contributed by atoms with van der Waals surface area (Å²) in [7, 11) is 0. The van der Waals surface area contributed by atoms with Crippen LogP contribution in [0.1, 0.15) is 17.7 Å². The highest BCUT2D eigenvalue weighted by molar-refractivity contribution is 7.98. The third kappa shape index (κ3) is 2.74. The molecule has 0 amide bonds. The molecule has 1 rings (SSSR count). The molecule has 0 spiro atoms. The van der Waals surface area contributed by atoms with Crippen molar-refractivity contribution in [3.63, 3.8) is 0 Å². The van der Waals surface area contributed by atoms with E-state index in [1.807, 2.05) is 13.2 Å². The molecule has 0 bridgehead atoms. The van der Waals surface area contributed by atoms with Crippen molar-refractivity contribution in [1.29, 1.82) is 0 Å². The Hall–Kier alpha value is -1.07. The third-order valence-corrected chi connectivity index (χ3v) is 3.12. The number of nitrogens with zero attached hydrogens (tertiary/aromatic N) is 1. The highest BCUT2D eigenvalue weighted by atomic mass is 32.2. The molecule has 0 aliphatic carbocycles. The highest BCUT2D eigenvalue weighted by Crippen LogP contribution is 2.23. The molecule has 1 heterocycles. The van der Waals surface area contributed by atoms with Gasteiger partial charge in [0.15, 0.2) is 0 Å². The molecule has 0 saturated carbocycles. The smallest absolute Gasteiger partial charge is 0.328 e. The molecule has 0 aromatic carbocycles. The standard InChI is InChI=1S/C11H16N2O2S/c1-8-3-4-9(7-13-8)11(12,10(14)15)5-6-16-2/h3-4,7H,5-6,12H2,1-2H3,(H,14,15). The molecule has 0 aliphatic heterocycles. The zero-order valence-electron chi connectivity index (χ0n) is 9.43. The lowest BCUT2D eigenvalue weighted by Crippen LogP contribution is -2.45. The number of hydrogen-bond donors (Lipinski definition) is 2. The molecule has 1 aromatic rings. The predicted octanol–water partition coefficient (Wildman–Crippen LogP) is 1.38.